The molecule has 6 rings (SSSR count). The van der Waals surface area contributed by atoms with Crippen LogP contribution in [0.15, 0.2) is 18.3 Å². The number of likely N-dealkylation sites (N-methyl/N-ethyl adjacent to an activating group) is 1. The molecule has 38 heavy (non-hydrogen) atoms. The quantitative estimate of drug-likeness (QED) is 0.482. The molecule has 4 heterocycles. The van der Waals surface area contributed by atoms with Crippen molar-refractivity contribution in [2.24, 2.45) is 0 Å². The Morgan fingerprint density at radius 1 is 1.18 bits per heavy atom. The lowest BCUT2D eigenvalue weighted by molar-refractivity contribution is 0.187. The van der Waals surface area contributed by atoms with Crippen molar-refractivity contribution in [1.29, 1.82) is 5.26 Å². The van der Waals surface area contributed by atoms with Gasteiger partial charge in [0, 0.05) is 42.7 Å². The van der Waals surface area contributed by atoms with Gasteiger partial charge in [-0.2, -0.15) is 20.3 Å². The molecule has 2 aliphatic heterocycles. The molecule has 2 N–H and O–H groups in total. The number of anilines is 1. The maximum atomic E-state index is 9.30. The predicted molar refractivity (Wildman–Crippen MR) is 148 cm³/mol. The zero-order chi connectivity index (χ0) is 26.1. The number of nitriles is 1. The molecule has 9 heteroatoms. The van der Waals surface area contributed by atoms with E-state index in [9.17, 15) is 5.26 Å². The van der Waals surface area contributed by atoms with Crippen LogP contribution in [0.25, 0.3) is 10.9 Å². The Morgan fingerprint density at radius 3 is 2.95 bits per heavy atom. The van der Waals surface area contributed by atoms with Crippen molar-refractivity contribution in [1.82, 2.24) is 30.4 Å². The van der Waals surface area contributed by atoms with Crippen molar-refractivity contribution in [3.8, 4) is 12.1 Å². The highest BCUT2D eigenvalue weighted by Gasteiger charge is 2.30. The zero-order valence-electron chi connectivity index (χ0n) is 22.5. The first kappa shape index (κ1) is 25.1. The summed E-state index contributed by atoms with van der Waals surface area (Å²) in [4.78, 5) is 14.8. The fourth-order valence-electron chi connectivity index (χ4n) is 6.67. The molecule has 2 aromatic heterocycles. The molecule has 2 unspecified atom stereocenters. The molecule has 3 aromatic rings. The molecular formula is C29H38N8O. The lowest BCUT2D eigenvalue weighted by atomic mass is 9.86. The molecule has 0 spiro atoms. The van der Waals surface area contributed by atoms with E-state index in [1.807, 2.05) is 6.20 Å². The molecule has 9 nitrogen and oxygen atoms in total. The van der Waals surface area contributed by atoms with Gasteiger partial charge in [0.1, 0.15) is 12.4 Å². The summed E-state index contributed by atoms with van der Waals surface area (Å²) in [6, 6.07) is 7.71. The third-order valence-electron chi connectivity index (χ3n) is 8.73. The number of likely N-dealkylation sites (tertiary alicyclic amines) is 1. The second-order valence-corrected chi connectivity index (χ2v) is 11.2. The first-order valence-corrected chi connectivity index (χ1v) is 14.1. The number of hydrogen-bond acceptors (Lipinski definition) is 8. The molecule has 1 aliphatic carbocycles. The number of nitrogens with one attached hydrogen (secondary N) is 2. The van der Waals surface area contributed by atoms with Crippen LogP contribution < -0.4 is 15.0 Å². The maximum absolute atomic E-state index is 9.30. The van der Waals surface area contributed by atoms with Crippen molar-refractivity contribution >= 4 is 16.7 Å². The standard InChI is InChI=1S/C29H38N8O/c1-19-8-9-25-24(16-32-35-25)27(19)20-5-3-7-23-26(15-20)33-29(38-18-22-6-4-13-36(22)2)34-28(23)37-14-12-31-21(17-37)10-11-30/h8-9,16,20-22,31H,3-7,10,12-15,17-18H2,1-2H3,(H,32,35)/t20?,21-,22?/m0/s1. The smallest absolute Gasteiger partial charge is 0.318 e. The van der Waals surface area contributed by atoms with E-state index in [2.05, 4.69) is 57.5 Å². The topological polar surface area (TPSA) is 106 Å². The monoisotopic (exact) mass is 514 g/mol. The van der Waals surface area contributed by atoms with E-state index in [1.165, 1.54) is 28.5 Å². The van der Waals surface area contributed by atoms with Crippen LogP contribution in [0.2, 0.25) is 0 Å². The van der Waals surface area contributed by atoms with Crippen LogP contribution >= 0.6 is 0 Å². The summed E-state index contributed by atoms with van der Waals surface area (Å²) in [6.07, 6.45) is 8.84. The number of aromatic nitrogens is 4. The SMILES string of the molecule is Cc1ccc2[nH]ncc2c1C1CCCc2c(nc(OCC3CCCN3C)nc2N2CCN[C@@H](CC#N)C2)C1. The van der Waals surface area contributed by atoms with Crippen molar-refractivity contribution in [3.63, 3.8) is 0 Å². The van der Waals surface area contributed by atoms with E-state index < -0.39 is 0 Å². The fourth-order valence-corrected chi connectivity index (χ4v) is 6.67. The van der Waals surface area contributed by atoms with Crippen LogP contribution in [0.3, 0.4) is 0 Å². The highest BCUT2D eigenvalue weighted by atomic mass is 16.5. The van der Waals surface area contributed by atoms with Gasteiger partial charge in [-0.3, -0.25) is 5.10 Å². The van der Waals surface area contributed by atoms with E-state index in [0.29, 0.717) is 31.0 Å². The van der Waals surface area contributed by atoms with Crippen molar-refractivity contribution < 1.29 is 4.74 Å². The van der Waals surface area contributed by atoms with Gasteiger partial charge in [-0.15, -0.1) is 0 Å². The Hall–Kier alpha value is -3.22. The maximum Gasteiger partial charge on any atom is 0.318 e. The Bertz CT molecular complexity index is 1330. The number of ether oxygens (including phenoxy) is 1. The van der Waals surface area contributed by atoms with E-state index >= 15 is 0 Å². The van der Waals surface area contributed by atoms with Crippen LogP contribution in [-0.4, -0.2) is 77.0 Å². The van der Waals surface area contributed by atoms with Gasteiger partial charge in [-0.1, -0.05) is 6.07 Å². The molecule has 200 valence electrons. The average Bonchev–Trinajstić information content (AvgIpc) is 3.50. The minimum atomic E-state index is 0.149. The number of piperazine rings is 1. The van der Waals surface area contributed by atoms with Crippen LogP contribution in [-0.2, 0) is 12.8 Å². The van der Waals surface area contributed by atoms with Gasteiger partial charge in [-0.25, -0.2) is 0 Å². The van der Waals surface area contributed by atoms with Crippen molar-refractivity contribution in [2.45, 2.75) is 69.9 Å². The van der Waals surface area contributed by atoms with Crippen LogP contribution in [0.4, 0.5) is 5.82 Å². The minimum Gasteiger partial charge on any atom is -0.462 e. The third-order valence-corrected chi connectivity index (χ3v) is 8.73. The first-order chi connectivity index (χ1) is 18.6. The number of H-pyrrole nitrogens is 1. The largest absolute Gasteiger partial charge is 0.462 e. The number of aryl methyl sites for hydroxylation is 1. The highest BCUT2D eigenvalue weighted by Crippen LogP contribution is 2.39. The molecule has 2 saturated heterocycles. The minimum absolute atomic E-state index is 0.149. The molecular weight excluding hydrogens is 476 g/mol. The molecule has 3 atom stereocenters. The number of fused-ring (bicyclic) bond motifs is 2. The number of benzene rings is 1. The normalized spacial score (nSPS) is 24.2. The molecule has 2 fully saturated rings. The van der Waals surface area contributed by atoms with Crippen LogP contribution in [0, 0.1) is 18.3 Å². The van der Waals surface area contributed by atoms with Crippen molar-refractivity contribution in [3.05, 3.63) is 40.7 Å². The summed E-state index contributed by atoms with van der Waals surface area (Å²) < 4.78 is 6.32. The number of nitrogens with zero attached hydrogens (tertiary/aromatic N) is 6. The molecule has 1 aromatic carbocycles. The lowest BCUT2D eigenvalue weighted by Crippen LogP contribution is -2.51. The Balaban J connectivity index is 1.36. The second-order valence-electron chi connectivity index (χ2n) is 11.2. The summed E-state index contributed by atoms with van der Waals surface area (Å²) in [5.41, 5.74) is 6.15. The molecule has 0 saturated carbocycles. The summed E-state index contributed by atoms with van der Waals surface area (Å²) in [5, 5.41) is 21.5. The van der Waals surface area contributed by atoms with Crippen molar-refractivity contribution in [2.75, 3.05) is 44.7 Å². The Kier molecular flexibility index (Phi) is 7.18. The van der Waals surface area contributed by atoms with Gasteiger partial charge in [-0.05, 0) is 82.2 Å². The second kappa shape index (κ2) is 10.9. The third kappa shape index (κ3) is 4.95. The van der Waals surface area contributed by atoms with E-state index in [4.69, 9.17) is 14.7 Å². The summed E-state index contributed by atoms with van der Waals surface area (Å²) in [7, 11) is 2.17. The Labute approximate surface area is 224 Å². The van der Waals surface area contributed by atoms with Gasteiger partial charge in [0.2, 0.25) is 0 Å². The van der Waals surface area contributed by atoms with E-state index in [1.54, 1.807) is 0 Å². The molecule has 3 aliphatic rings. The lowest BCUT2D eigenvalue weighted by Gasteiger charge is -2.35. The summed E-state index contributed by atoms with van der Waals surface area (Å²) in [5.74, 6) is 1.37. The van der Waals surface area contributed by atoms with Gasteiger partial charge >= 0.3 is 6.01 Å². The Morgan fingerprint density at radius 2 is 2.11 bits per heavy atom. The summed E-state index contributed by atoms with van der Waals surface area (Å²) in [6.45, 7) is 6.43. The number of hydrogen-bond donors (Lipinski definition) is 2. The highest BCUT2D eigenvalue weighted by molar-refractivity contribution is 5.83. The van der Waals surface area contributed by atoms with Gasteiger partial charge in [0.25, 0.3) is 0 Å². The molecule has 0 radical (unpaired) electrons. The fraction of sp³-hybridized carbons (Fsp3) is 0.586. The zero-order valence-corrected chi connectivity index (χ0v) is 22.5. The van der Waals surface area contributed by atoms with Gasteiger partial charge in [0.15, 0.2) is 0 Å². The van der Waals surface area contributed by atoms with Crippen LogP contribution in [0.1, 0.15) is 60.4 Å². The molecule has 0 amide bonds. The van der Waals surface area contributed by atoms with Crippen LogP contribution in [0.5, 0.6) is 6.01 Å². The molecule has 0 bridgehead atoms. The first-order valence-electron chi connectivity index (χ1n) is 14.1. The van der Waals surface area contributed by atoms with E-state index in [-0.39, 0.29) is 6.04 Å². The number of aromatic amines is 1. The average molecular weight is 515 g/mol. The van der Waals surface area contributed by atoms with Gasteiger partial charge < -0.3 is 19.9 Å². The summed E-state index contributed by atoms with van der Waals surface area (Å²) >= 11 is 0. The van der Waals surface area contributed by atoms with E-state index in [0.717, 1.165) is 75.3 Å². The predicted octanol–water partition coefficient (Wildman–Crippen LogP) is 3.49. The number of rotatable bonds is 6. The van der Waals surface area contributed by atoms with Gasteiger partial charge in [0.05, 0.1) is 29.9 Å².